The van der Waals surface area contributed by atoms with Crippen molar-refractivity contribution < 1.29 is 19.4 Å². The Morgan fingerprint density at radius 1 is 1.46 bits per heavy atom. The number of carbonyl (C=O) groups is 2. The Balaban J connectivity index is 2.01. The highest BCUT2D eigenvalue weighted by atomic mass is 32.2. The van der Waals surface area contributed by atoms with E-state index in [2.05, 4.69) is 4.98 Å². The standard InChI is InChI=1S/C16H13NO5S2/c1-7-2-3-9-8(4-7)11-12-13(17-15(21)24-12)23-6-16(11,5-10(18)19)14(20)22-9/h2-4,11H,5-6H2,1H3,(H,17,21)(H,18,19)/p-1/t11-,16+/m0/s1. The Labute approximate surface area is 144 Å². The molecule has 2 aliphatic heterocycles. The van der Waals surface area contributed by atoms with Crippen LogP contribution in [0.5, 0.6) is 5.75 Å². The predicted octanol–water partition coefficient (Wildman–Crippen LogP) is 1.03. The number of hydrogen-bond acceptors (Lipinski definition) is 7. The van der Waals surface area contributed by atoms with E-state index in [0.29, 0.717) is 15.7 Å². The zero-order chi connectivity index (χ0) is 17.1. The monoisotopic (exact) mass is 362 g/mol. The van der Waals surface area contributed by atoms with Crippen molar-refractivity contribution >= 4 is 35.0 Å². The number of ether oxygens (including phenoxy) is 1. The number of esters is 1. The van der Waals surface area contributed by atoms with Crippen molar-refractivity contribution in [2.45, 2.75) is 24.3 Å². The summed E-state index contributed by atoms with van der Waals surface area (Å²) in [4.78, 5) is 39.2. The molecule has 24 heavy (non-hydrogen) atoms. The van der Waals surface area contributed by atoms with Crippen LogP contribution in [0.4, 0.5) is 0 Å². The first-order chi connectivity index (χ1) is 11.4. The number of thiazole rings is 1. The average Bonchev–Trinajstić information content (AvgIpc) is 2.88. The summed E-state index contributed by atoms with van der Waals surface area (Å²) in [5.74, 6) is -1.76. The molecule has 124 valence electrons. The largest absolute Gasteiger partial charge is 0.550 e. The maximum Gasteiger partial charge on any atom is 0.319 e. The summed E-state index contributed by atoms with van der Waals surface area (Å²) in [7, 11) is 0. The number of nitrogens with one attached hydrogen (secondary N) is 1. The van der Waals surface area contributed by atoms with Crippen LogP contribution in [0.3, 0.4) is 0 Å². The fourth-order valence-electron chi connectivity index (χ4n) is 3.44. The van der Waals surface area contributed by atoms with Gasteiger partial charge < -0.3 is 19.6 Å². The van der Waals surface area contributed by atoms with Gasteiger partial charge in [-0.25, -0.2) is 0 Å². The summed E-state index contributed by atoms with van der Waals surface area (Å²) in [6.45, 7) is 1.91. The van der Waals surface area contributed by atoms with Gasteiger partial charge in [0.1, 0.15) is 5.75 Å². The minimum Gasteiger partial charge on any atom is -0.550 e. The lowest BCUT2D eigenvalue weighted by molar-refractivity contribution is -0.308. The van der Waals surface area contributed by atoms with E-state index in [1.54, 1.807) is 6.07 Å². The summed E-state index contributed by atoms with van der Waals surface area (Å²) < 4.78 is 5.46. The molecule has 3 heterocycles. The van der Waals surface area contributed by atoms with Crippen LogP contribution < -0.4 is 14.7 Å². The third-order valence-electron chi connectivity index (χ3n) is 4.48. The second kappa shape index (κ2) is 5.22. The first-order valence-corrected chi connectivity index (χ1v) is 9.09. The van der Waals surface area contributed by atoms with Gasteiger partial charge in [-0.2, -0.15) is 0 Å². The maximum absolute atomic E-state index is 12.7. The van der Waals surface area contributed by atoms with E-state index in [0.717, 1.165) is 22.5 Å². The van der Waals surface area contributed by atoms with Gasteiger partial charge in [-0.3, -0.25) is 9.59 Å². The Bertz CT molecular complexity index is 931. The third-order valence-corrected chi connectivity index (χ3v) is 6.82. The summed E-state index contributed by atoms with van der Waals surface area (Å²) in [6.07, 6.45) is -0.442. The smallest absolute Gasteiger partial charge is 0.319 e. The molecule has 0 bridgehead atoms. The highest BCUT2D eigenvalue weighted by molar-refractivity contribution is 7.99. The maximum atomic E-state index is 12.7. The number of carboxylic acids is 1. The number of aromatic amines is 1. The Morgan fingerprint density at radius 3 is 3.00 bits per heavy atom. The number of aliphatic carboxylic acids is 1. The molecule has 0 amide bonds. The minimum absolute atomic E-state index is 0.218. The van der Waals surface area contributed by atoms with E-state index in [-0.39, 0.29) is 10.6 Å². The number of H-pyrrole nitrogens is 1. The number of rotatable bonds is 2. The normalized spacial score (nSPS) is 24.5. The van der Waals surface area contributed by atoms with Crippen molar-refractivity contribution in [2.75, 3.05) is 5.75 Å². The van der Waals surface area contributed by atoms with E-state index in [9.17, 15) is 19.5 Å². The predicted molar refractivity (Wildman–Crippen MR) is 86.4 cm³/mol. The van der Waals surface area contributed by atoms with Crippen LogP contribution >= 0.6 is 23.1 Å². The molecule has 6 nitrogen and oxygen atoms in total. The van der Waals surface area contributed by atoms with Crippen molar-refractivity contribution in [3.8, 4) is 5.75 Å². The van der Waals surface area contributed by atoms with Gasteiger partial charge in [-0.05, 0) is 13.0 Å². The molecule has 0 saturated carbocycles. The first-order valence-electron chi connectivity index (χ1n) is 7.29. The zero-order valence-electron chi connectivity index (χ0n) is 12.6. The zero-order valence-corrected chi connectivity index (χ0v) is 14.2. The quantitative estimate of drug-likeness (QED) is 0.633. The van der Waals surface area contributed by atoms with Crippen LogP contribution in [0.2, 0.25) is 0 Å². The van der Waals surface area contributed by atoms with E-state index >= 15 is 0 Å². The van der Waals surface area contributed by atoms with E-state index in [1.165, 1.54) is 11.8 Å². The van der Waals surface area contributed by atoms with E-state index in [4.69, 9.17) is 4.74 Å². The van der Waals surface area contributed by atoms with Gasteiger partial charge in [-0.1, -0.05) is 29.0 Å². The number of carboxylic acid groups (broad SMARTS) is 1. The molecule has 2 atom stereocenters. The molecule has 2 aliphatic rings. The van der Waals surface area contributed by atoms with Crippen molar-refractivity contribution in [1.29, 1.82) is 0 Å². The van der Waals surface area contributed by atoms with Crippen LogP contribution in [0.1, 0.15) is 28.3 Å². The van der Waals surface area contributed by atoms with E-state index < -0.39 is 29.7 Å². The number of aryl methyl sites for hydroxylation is 1. The molecule has 1 aromatic heterocycles. The fourth-order valence-corrected chi connectivity index (χ4v) is 5.99. The Hall–Kier alpha value is -2.06. The van der Waals surface area contributed by atoms with Crippen molar-refractivity contribution in [3.05, 3.63) is 43.9 Å². The van der Waals surface area contributed by atoms with Gasteiger partial charge in [0.15, 0.2) is 0 Å². The fraction of sp³-hybridized carbons (Fsp3) is 0.312. The van der Waals surface area contributed by atoms with Crippen LogP contribution in [-0.2, 0) is 9.59 Å². The first kappa shape index (κ1) is 15.5. The molecule has 0 aliphatic carbocycles. The number of hydrogen-bond donors (Lipinski definition) is 1. The lowest BCUT2D eigenvalue weighted by Crippen LogP contribution is -2.50. The highest BCUT2D eigenvalue weighted by Gasteiger charge is 2.56. The molecule has 1 N–H and O–H groups in total. The van der Waals surface area contributed by atoms with Gasteiger partial charge in [0.05, 0.1) is 10.4 Å². The van der Waals surface area contributed by atoms with Crippen molar-refractivity contribution in [2.24, 2.45) is 5.41 Å². The number of aromatic nitrogens is 1. The van der Waals surface area contributed by atoms with E-state index in [1.807, 2.05) is 19.1 Å². The molecule has 4 rings (SSSR count). The van der Waals surface area contributed by atoms with Gasteiger partial charge in [0.25, 0.3) is 0 Å². The molecule has 0 radical (unpaired) electrons. The lowest BCUT2D eigenvalue weighted by atomic mass is 9.68. The van der Waals surface area contributed by atoms with Crippen LogP contribution in [0.15, 0.2) is 28.0 Å². The molecule has 8 heteroatoms. The second-order valence-electron chi connectivity index (χ2n) is 6.07. The SMILES string of the molecule is Cc1ccc2c(c1)[C@H]1c3sc(=O)[nH]c3SC[C@@]1(CC(=O)[O-])C(=O)O2. The molecule has 2 aromatic rings. The molecule has 0 fully saturated rings. The third kappa shape index (κ3) is 2.13. The molecule has 0 spiro atoms. The van der Waals surface area contributed by atoms with Gasteiger partial charge in [-0.15, -0.1) is 11.8 Å². The molecule has 0 unspecified atom stereocenters. The summed E-state index contributed by atoms with van der Waals surface area (Å²) in [5.41, 5.74) is 0.451. The Kier molecular flexibility index (Phi) is 3.36. The van der Waals surface area contributed by atoms with Crippen LogP contribution in [-0.4, -0.2) is 22.7 Å². The molecule has 0 saturated heterocycles. The summed E-state index contributed by atoms with van der Waals surface area (Å²) >= 11 is 2.30. The van der Waals surface area contributed by atoms with Crippen LogP contribution in [0, 0.1) is 12.3 Å². The number of fused-ring (bicyclic) bond motifs is 5. The van der Waals surface area contributed by atoms with Crippen molar-refractivity contribution in [3.63, 3.8) is 0 Å². The highest BCUT2D eigenvalue weighted by Crippen LogP contribution is 2.58. The second-order valence-corrected chi connectivity index (χ2v) is 8.07. The van der Waals surface area contributed by atoms with Crippen LogP contribution in [0.25, 0.3) is 0 Å². The molecular formula is C16H12NO5S2-. The molecule has 1 aromatic carbocycles. The number of thioether (sulfide) groups is 1. The van der Waals surface area contributed by atoms with Gasteiger partial charge >= 0.3 is 10.8 Å². The average molecular weight is 362 g/mol. The topological polar surface area (TPSA) is 99.3 Å². The Morgan fingerprint density at radius 2 is 2.25 bits per heavy atom. The van der Waals surface area contributed by atoms with Gasteiger partial charge in [0, 0.05) is 34.5 Å². The lowest BCUT2D eigenvalue weighted by Gasteiger charge is -2.44. The number of carbonyl (C=O) groups excluding carboxylic acids is 2. The summed E-state index contributed by atoms with van der Waals surface area (Å²) in [6, 6.07) is 5.43. The number of benzene rings is 1. The minimum atomic E-state index is -1.31. The summed E-state index contributed by atoms with van der Waals surface area (Å²) in [5, 5.41) is 12.1. The van der Waals surface area contributed by atoms with Crippen molar-refractivity contribution in [1.82, 2.24) is 4.98 Å². The van der Waals surface area contributed by atoms with Gasteiger partial charge in [0.2, 0.25) is 0 Å². The molecular weight excluding hydrogens is 350 g/mol.